The summed E-state index contributed by atoms with van der Waals surface area (Å²) in [6.45, 7) is 0.433. The minimum Gasteiger partial charge on any atom is -0.493 e. The fourth-order valence-corrected chi connectivity index (χ4v) is 2.36. The van der Waals surface area contributed by atoms with Crippen molar-refractivity contribution in [2.24, 2.45) is 0 Å². The lowest BCUT2D eigenvalue weighted by atomic mass is 10.1. The molecule has 1 N–H and O–H groups in total. The maximum absolute atomic E-state index is 12.3. The Labute approximate surface area is 143 Å². The first-order valence-corrected chi connectivity index (χ1v) is 7.71. The molecule has 0 unspecified atom stereocenters. The number of carbonyl (C=O) groups is 1. The Morgan fingerprint density at radius 1 is 1.00 bits per heavy atom. The van der Waals surface area contributed by atoms with Gasteiger partial charge >= 0.3 is 0 Å². The lowest BCUT2D eigenvalue weighted by Crippen LogP contribution is -2.22. The summed E-state index contributed by atoms with van der Waals surface area (Å²) in [7, 11) is 4.55. The van der Waals surface area contributed by atoms with E-state index in [1.54, 1.807) is 12.1 Å². The molecule has 6 heteroatoms. The number of ether oxygens (including phenoxy) is 3. The second-order valence-corrected chi connectivity index (χ2v) is 5.64. The summed E-state index contributed by atoms with van der Waals surface area (Å²) >= 11 is 3.38. The molecule has 2 aromatic rings. The number of methoxy groups -OCH3 is 3. The van der Waals surface area contributed by atoms with Gasteiger partial charge in [-0.1, -0.05) is 28.1 Å². The van der Waals surface area contributed by atoms with Crippen molar-refractivity contribution in [1.82, 2.24) is 5.32 Å². The average Bonchev–Trinajstić information content (AvgIpc) is 2.59. The minimum atomic E-state index is -0.216. The van der Waals surface area contributed by atoms with Gasteiger partial charge in [0.05, 0.1) is 21.3 Å². The number of nitrogens with one attached hydrogen (secondary N) is 1. The number of amides is 1. The number of hydrogen-bond acceptors (Lipinski definition) is 4. The van der Waals surface area contributed by atoms with Crippen LogP contribution in [-0.4, -0.2) is 27.2 Å². The van der Waals surface area contributed by atoms with E-state index in [1.807, 2.05) is 24.3 Å². The zero-order valence-electron chi connectivity index (χ0n) is 13.2. The van der Waals surface area contributed by atoms with Crippen molar-refractivity contribution in [2.45, 2.75) is 6.54 Å². The van der Waals surface area contributed by atoms with Gasteiger partial charge < -0.3 is 19.5 Å². The van der Waals surface area contributed by atoms with E-state index in [2.05, 4.69) is 21.2 Å². The van der Waals surface area contributed by atoms with Gasteiger partial charge in [0.1, 0.15) is 0 Å². The van der Waals surface area contributed by atoms with Crippen LogP contribution in [0.15, 0.2) is 40.9 Å². The van der Waals surface area contributed by atoms with Gasteiger partial charge in [-0.2, -0.15) is 0 Å². The monoisotopic (exact) mass is 379 g/mol. The van der Waals surface area contributed by atoms with Crippen LogP contribution in [0.25, 0.3) is 0 Å². The summed E-state index contributed by atoms with van der Waals surface area (Å²) in [4.78, 5) is 12.3. The van der Waals surface area contributed by atoms with Gasteiger partial charge in [-0.05, 0) is 29.8 Å². The number of benzene rings is 2. The van der Waals surface area contributed by atoms with Crippen molar-refractivity contribution in [3.63, 3.8) is 0 Å². The van der Waals surface area contributed by atoms with Crippen molar-refractivity contribution in [3.8, 4) is 17.2 Å². The third kappa shape index (κ3) is 4.16. The van der Waals surface area contributed by atoms with Crippen LogP contribution in [0, 0.1) is 0 Å². The molecule has 2 rings (SSSR count). The van der Waals surface area contributed by atoms with E-state index < -0.39 is 0 Å². The molecule has 5 nitrogen and oxygen atoms in total. The predicted molar refractivity (Wildman–Crippen MR) is 91.4 cm³/mol. The highest BCUT2D eigenvalue weighted by Crippen LogP contribution is 2.38. The summed E-state index contributed by atoms with van der Waals surface area (Å²) < 4.78 is 16.8. The minimum absolute atomic E-state index is 0.216. The molecule has 0 heterocycles. The standard InChI is InChI=1S/C17H18BrNO4/c1-21-14-8-12(9-15(22-2)16(14)23-3)17(20)19-10-11-4-6-13(18)7-5-11/h4-9H,10H2,1-3H3,(H,19,20). The summed E-state index contributed by atoms with van der Waals surface area (Å²) in [6.07, 6.45) is 0. The molecular formula is C17H18BrNO4. The molecule has 122 valence electrons. The van der Waals surface area contributed by atoms with E-state index >= 15 is 0 Å². The molecule has 0 radical (unpaired) electrons. The van der Waals surface area contributed by atoms with Gasteiger partial charge in [0.2, 0.25) is 5.75 Å². The molecule has 0 saturated carbocycles. The lowest BCUT2D eigenvalue weighted by molar-refractivity contribution is 0.0950. The number of carbonyl (C=O) groups excluding carboxylic acids is 1. The topological polar surface area (TPSA) is 56.8 Å². The smallest absolute Gasteiger partial charge is 0.251 e. The van der Waals surface area contributed by atoms with E-state index in [0.29, 0.717) is 29.4 Å². The van der Waals surface area contributed by atoms with Gasteiger partial charge in [-0.25, -0.2) is 0 Å². The van der Waals surface area contributed by atoms with E-state index in [4.69, 9.17) is 14.2 Å². The Balaban J connectivity index is 2.16. The molecule has 0 fully saturated rings. The van der Waals surface area contributed by atoms with Gasteiger partial charge in [0.15, 0.2) is 11.5 Å². The zero-order chi connectivity index (χ0) is 16.8. The van der Waals surface area contributed by atoms with Crippen LogP contribution in [0.5, 0.6) is 17.2 Å². The average molecular weight is 380 g/mol. The molecule has 0 aliphatic carbocycles. The molecule has 0 spiro atoms. The Morgan fingerprint density at radius 2 is 1.57 bits per heavy atom. The summed E-state index contributed by atoms with van der Waals surface area (Å²) in [6, 6.07) is 11.0. The Kier molecular flexibility index (Phi) is 5.87. The van der Waals surface area contributed by atoms with Crippen LogP contribution in [0.1, 0.15) is 15.9 Å². The molecule has 0 aliphatic rings. The van der Waals surface area contributed by atoms with Crippen LogP contribution < -0.4 is 19.5 Å². The van der Waals surface area contributed by atoms with Crippen LogP contribution in [-0.2, 0) is 6.54 Å². The van der Waals surface area contributed by atoms with Crippen LogP contribution in [0.2, 0.25) is 0 Å². The molecule has 0 aromatic heterocycles. The highest BCUT2D eigenvalue weighted by Gasteiger charge is 2.16. The van der Waals surface area contributed by atoms with E-state index in [-0.39, 0.29) is 5.91 Å². The van der Waals surface area contributed by atoms with Gasteiger partial charge in [0.25, 0.3) is 5.91 Å². The maximum Gasteiger partial charge on any atom is 0.251 e. The summed E-state index contributed by atoms with van der Waals surface area (Å²) in [5.41, 5.74) is 1.45. The first-order chi connectivity index (χ1) is 11.1. The zero-order valence-corrected chi connectivity index (χ0v) is 14.8. The Hall–Kier alpha value is -2.21. The van der Waals surface area contributed by atoms with Crippen molar-refractivity contribution >= 4 is 21.8 Å². The SMILES string of the molecule is COc1cc(C(=O)NCc2ccc(Br)cc2)cc(OC)c1OC. The van der Waals surface area contributed by atoms with Gasteiger partial charge in [-0.3, -0.25) is 4.79 Å². The normalized spacial score (nSPS) is 10.1. The predicted octanol–water partition coefficient (Wildman–Crippen LogP) is 3.40. The second-order valence-electron chi connectivity index (χ2n) is 4.72. The lowest BCUT2D eigenvalue weighted by Gasteiger charge is -2.14. The van der Waals surface area contributed by atoms with Gasteiger partial charge in [0, 0.05) is 16.6 Å². The highest BCUT2D eigenvalue weighted by molar-refractivity contribution is 9.10. The van der Waals surface area contributed by atoms with E-state index in [9.17, 15) is 4.79 Å². The molecule has 0 bridgehead atoms. The van der Waals surface area contributed by atoms with E-state index in [0.717, 1.165) is 10.0 Å². The third-order valence-corrected chi connectivity index (χ3v) is 3.82. The quantitative estimate of drug-likeness (QED) is 0.835. The first kappa shape index (κ1) is 17.1. The molecule has 1 amide bonds. The van der Waals surface area contributed by atoms with Crippen molar-refractivity contribution < 1.29 is 19.0 Å². The summed E-state index contributed by atoms with van der Waals surface area (Å²) in [5, 5.41) is 2.87. The van der Waals surface area contributed by atoms with Gasteiger partial charge in [-0.15, -0.1) is 0 Å². The largest absolute Gasteiger partial charge is 0.493 e. The van der Waals surface area contributed by atoms with Crippen LogP contribution >= 0.6 is 15.9 Å². The molecule has 2 aromatic carbocycles. The van der Waals surface area contributed by atoms with Crippen molar-refractivity contribution in [1.29, 1.82) is 0 Å². The molecule has 23 heavy (non-hydrogen) atoms. The van der Waals surface area contributed by atoms with Crippen molar-refractivity contribution in [3.05, 3.63) is 52.0 Å². The third-order valence-electron chi connectivity index (χ3n) is 3.29. The van der Waals surface area contributed by atoms with E-state index in [1.165, 1.54) is 21.3 Å². The Morgan fingerprint density at radius 3 is 2.04 bits per heavy atom. The maximum atomic E-state index is 12.3. The Bertz CT molecular complexity index is 660. The first-order valence-electron chi connectivity index (χ1n) is 6.91. The fraction of sp³-hybridized carbons (Fsp3) is 0.235. The fourth-order valence-electron chi connectivity index (χ4n) is 2.10. The number of halogens is 1. The summed E-state index contributed by atoms with van der Waals surface area (Å²) in [5.74, 6) is 1.13. The van der Waals surface area contributed by atoms with Crippen LogP contribution in [0.4, 0.5) is 0 Å². The molecular weight excluding hydrogens is 362 g/mol. The molecule has 0 saturated heterocycles. The number of hydrogen-bond donors (Lipinski definition) is 1. The molecule has 0 atom stereocenters. The second kappa shape index (κ2) is 7.87. The van der Waals surface area contributed by atoms with Crippen molar-refractivity contribution in [2.75, 3.05) is 21.3 Å². The highest BCUT2D eigenvalue weighted by atomic mass is 79.9. The molecule has 0 aliphatic heterocycles. The van der Waals surface area contributed by atoms with Crippen LogP contribution in [0.3, 0.4) is 0 Å². The number of rotatable bonds is 6.